The zero-order valence-electron chi connectivity index (χ0n) is 20.2. The van der Waals surface area contributed by atoms with E-state index in [0.717, 1.165) is 13.8 Å². The summed E-state index contributed by atoms with van der Waals surface area (Å²) in [5.41, 5.74) is 3.37. The van der Waals surface area contributed by atoms with Crippen molar-refractivity contribution < 1.29 is 43.7 Å². The van der Waals surface area contributed by atoms with E-state index in [1.807, 2.05) is 0 Å². The molecule has 0 heterocycles. The second-order valence-corrected chi connectivity index (χ2v) is 9.40. The zero-order valence-corrected chi connectivity index (χ0v) is 20.2. The Morgan fingerprint density at radius 3 is 2.28 bits per heavy atom. The van der Waals surface area contributed by atoms with Gasteiger partial charge in [-0.25, -0.2) is 0 Å². The van der Waals surface area contributed by atoms with Crippen LogP contribution in [0.5, 0.6) is 5.75 Å². The summed E-state index contributed by atoms with van der Waals surface area (Å²) in [6.07, 6.45) is 0.0576. The van der Waals surface area contributed by atoms with E-state index in [4.69, 9.17) is 15.2 Å². The first kappa shape index (κ1) is 25.0. The van der Waals surface area contributed by atoms with Crippen LogP contribution >= 0.6 is 0 Å². The van der Waals surface area contributed by atoms with E-state index in [0.29, 0.717) is 11.3 Å². The first-order valence-electron chi connectivity index (χ1n) is 11.3. The van der Waals surface area contributed by atoms with Gasteiger partial charge in [-0.1, -0.05) is 0 Å². The van der Waals surface area contributed by atoms with Crippen molar-refractivity contribution in [1.82, 2.24) is 0 Å². The highest BCUT2D eigenvalue weighted by Gasteiger charge is 2.65. The molecule has 3 atom stereocenters. The maximum atomic E-state index is 14.0. The molecule has 190 valence electrons. The highest BCUT2D eigenvalue weighted by atomic mass is 16.6. The smallest absolute Gasteiger partial charge is 0.307 e. The van der Waals surface area contributed by atoms with E-state index >= 15 is 0 Å². The molecule has 1 amide bonds. The third-order valence-electron chi connectivity index (χ3n) is 6.92. The molecule has 11 heteroatoms. The van der Waals surface area contributed by atoms with Gasteiger partial charge in [-0.3, -0.25) is 24.0 Å². The van der Waals surface area contributed by atoms with E-state index in [-0.39, 0.29) is 41.9 Å². The standard InChI is InChI=1S/C25H26N2O9/c1-10(28)35-17-9-13-7-12-8-14-15(27(3)4)5-6-16(30)19(14)21(31)18(12)22(32)25(13,36-11(2)29)23(33)20(17)24(26)34/h5-6,12-13,30-31H,7-9H2,1-4H3,(H2,26,34). The number of nitrogens with two attached hydrogens (primary N) is 1. The Kier molecular flexibility index (Phi) is 5.90. The molecule has 3 aliphatic rings. The number of esters is 2. The van der Waals surface area contributed by atoms with Crippen LogP contribution in [0.1, 0.15) is 37.8 Å². The number of aliphatic hydroxyl groups excluding tert-OH is 1. The van der Waals surface area contributed by atoms with Gasteiger partial charge >= 0.3 is 11.9 Å². The van der Waals surface area contributed by atoms with Gasteiger partial charge in [-0.05, 0) is 36.5 Å². The fourth-order valence-electron chi connectivity index (χ4n) is 5.65. The Morgan fingerprint density at radius 2 is 1.72 bits per heavy atom. The molecule has 1 saturated carbocycles. The topological polar surface area (TPSA) is 174 Å². The number of allylic oxidation sites excluding steroid dienone is 1. The summed E-state index contributed by atoms with van der Waals surface area (Å²) in [4.78, 5) is 65.5. The average Bonchev–Trinajstić information content (AvgIpc) is 2.74. The molecule has 1 fully saturated rings. The number of phenols is 1. The molecule has 0 saturated heterocycles. The summed E-state index contributed by atoms with van der Waals surface area (Å²) < 4.78 is 10.5. The van der Waals surface area contributed by atoms with Gasteiger partial charge in [0.15, 0.2) is 0 Å². The number of nitrogens with zero attached hydrogens (tertiary/aromatic N) is 1. The summed E-state index contributed by atoms with van der Waals surface area (Å²) in [7, 11) is 3.59. The largest absolute Gasteiger partial charge is 0.507 e. The van der Waals surface area contributed by atoms with Gasteiger partial charge in [-0.2, -0.15) is 0 Å². The number of ether oxygens (including phenoxy) is 2. The lowest BCUT2D eigenvalue weighted by Crippen LogP contribution is -2.63. The summed E-state index contributed by atoms with van der Waals surface area (Å²) in [5, 5.41) is 21.8. The summed E-state index contributed by atoms with van der Waals surface area (Å²) in [6.45, 7) is 2.09. The molecule has 11 nitrogen and oxygen atoms in total. The number of amides is 1. The third-order valence-corrected chi connectivity index (χ3v) is 6.92. The van der Waals surface area contributed by atoms with Crippen LogP contribution < -0.4 is 10.6 Å². The van der Waals surface area contributed by atoms with Crippen LogP contribution in [-0.2, 0) is 39.9 Å². The first-order valence-corrected chi connectivity index (χ1v) is 11.3. The molecule has 0 spiro atoms. The molecule has 0 bridgehead atoms. The summed E-state index contributed by atoms with van der Waals surface area (Å²) >= 11 is 0. The maximum Gasteiger partial charge on any atom is 0.307 e. The number of ketones is 2. The predicted octanol–water partition coefficient (Wildman–Crippen LogP) is 1.07. The van der Waals surface area contributed by atoms with Crippen LogP contribution in [0.2, 0.25) is 0 Å². The molecule has 4 N–H and O–H groups in total. The third kappa shape index (κ3) is 3.53. The molecule has 0 aromatic heterocycles. The molecular formula is C25H26N2O9. The minimum atomic E-state index is -2.48. The molecule has 0 radical (unpaired) electrons. The normalized spacial score (nSPS) is 25.0. The highest BCUT2D eigenvalue weighted by Crippen LogP contribution is 2.53. The Labute approximate surface area is 206 Å². The second kappa shape index (κ2) is 8.51. The van der Waals surface area contributed by atoms with Crippen molar-refractivity contribution in [2.75, 3.05) is 19.0 Å². The van der Waals surface area contributed by atoms with E-state index in [2.05, 4.69) is 0 Å². The van der Waals surface area contributed by atoms with Crippen LogP contribution in [0, 0.1) is 11.8 Å². The predicted molar refractivity (Wildman–Crippen MR) is 124 cm³/mol. The van der Waals surface area contributed by atoms with Gasteiger partial charge in [-0.15, -0.1) is 0 Å². The Morgan fingerprint density at radius 1 is 1.06 bits per heavy atom. The number of phenolic OH excluding ortho intramolecular Hbond substituents is 1. The van der Waals surface area contributed by atoms with Gasteiger partial charge in [0.05, 0.1) is 5.56 Å². The number of hydrogen-bond acceptors (Lipinski definition) is 10. The lowest BCUT2D eigenvalue weighted by molar-refractivity contribution is -0.180. The molecule has 1 aromatic rings. The van der Waals surface area contributed by atoms with Crippen LogP contribution in [-0.4, -0.2) is 59.3 Å². The van der Waals surface area contributed by atoms with Crippen LogP contribution in [0.15, 0.2) is 29.0 Å². The number of primary amides is 1. The van der Waals surface area contributed by atoms with Crippen LogP contribution in [0.4, 0.5) is 5.69 Å². The van der Waals surface area contributed by atoms with Gasteiger partial charge < -0.3 is 30.3 Å². The monoisotopic (exact) mass is 498 g/mol. The number of Topliss-reactive ketones (excluding diaryl/α,β-unsaturated/α-hetero) is 2. The molecule has 3 unspecified atom stereocenters. The van der Waals surface area contributed by atoms with Gasteiger partial charge in [0.2, 0.25) is 17.2 Å². The van der Waals surface area contributed by atoms with Crippen molar-refractivity contribution >= 4 is 40.9 Å². The zero-order chi connectivity index (χ0) is 26.7. The molecule has 1 aromatic carbocycles. The number of hydrogen-bond donors (Lipinski definition) is 3. The van der Waals surface area contributed by atoms with Crippen LogP contribution in [0.25, 0.3) is 5.76 Å². The Balaban J connectivity index is 1.97. The van der Waals surface area contributed by atoms with Crippen molar-refractivity contribution in [3.8, 4) is 5.75 Å². The van der Waals surface area contributed by atoms with Gasteiger partial charge in [0, 0.05) is 51.5 Å². The molecule has 0 aliphatic heterocycles. The van der Waals surface area contributed by atoms with Crippen LogP contribution in [0.3, 0.4) is 0 Å². The van der Waals surface area contributed by atoms with Gasteiger partial charge in [0.1, 0.15) is 22.8 Å². The van der Waals surface area contributed by atoms with E-state index in [1.54, 1.807) is 25.1 Å². The quantitative estimate of drug-likeness (QED) is 0.309. The molecule has 36 heavy (non-hydrogen) atoms. The number of carbonyl (C=O) groups excluding carboxylic acids is 5. The Hall–Kier alpha value is -4.15. The number of rotatable bonds is 4. The van der Waals surface area contributed by atoms with Gasteiger partial charge in [0.25, 0.3) is 5.91 Å². The summed E-state index contributed by atoms with van der Waals surface area (Å²) in [6, 6.07) is 3.07. The second-order valence-electron chi connectivity index (χ2n) is 9.40. The van der Waals surface area contributed by atoms with Crippen molar-refractivity contribution in [2.45, 2.75) is 38.7 Å². The van der Waals surface area contributed by atoms with Crippen molar-refractivity contribution in [3.63, 3.8) is 0 Å². The number of carbonyl (C=O) groups is 5. The molecule has 4 rings (SSSR count). The first-order chi connectivity index (χ1) is 16.8. The average molecular weight is 498 g/mol. The molecule has 3 aliphatic carbocycles. The van der Waals surface area contributed by atoms with E-state index < -0.39 is 58.2 Å². The minimum absolute atomic E-state index is 0.0479. The van der Waals surface area contributed by atoms with Crippen molar-refractivity contribution in [2.24, 2.45) is 17.6 Å². The Bertz CT molecular complexity index is 1310. The molecular weight excluding hydrogens is 472 g/mol. The maximum absolute atomic E-state index is 14.0. The summed E-state index contributed by atoms with van der Waals surface area (Å²) in [5.74, 6) is -7.91. The van der Waals surface area contributed by atoms with Crippen molar-refractivity contribution in [3.05, 3.63) is 40.2 Å². The highest BCUT2D eigenvalue weighted by molar-refractivity contribution is 6.33. The lowest BCUT2D eigenvalue weighted by atomic mass is 9.58. The number of anilines is 1. The fourth-order valence-corrected chi connectivity index (χ4v) is 5.65. The fraction of sp³-hybridized carbons (Fsp3) is 0.400. The SMILES string of the molecule is CC(=O)OC1=C(C(N)=O)C(=O)C2(OC(C)=O)C(=O)C3=C(O)c4c(O)ccc(N(C)C)c4CC3CC2C1. The number of aliphatic hydroxyl groups is 1. The van der Waals surface area contributed by atoms with Crippen molar-refractivity contribution in [1.29, 1.82) is 0 Å². The lowest BCUT2D eigenvalue weighted by Gasteiger charge is -2.47. The number of fused-ring (bicyclic) bond motifs is 3. The number of benzene rings is 1. The van der Waals surface area contributed by atoms with E-state index in [9.17, 15) is 34.2 Å². The minimum Gasteiger partial charge on any atom is -0.507 e. The van der Waals surface area contributed by atoms with E-state index in [1.165, 1.54) is 6.07 Å². The number of aromatic hydroxyl groups is 1.